The summed E-state index contributed by atoms with van der Waals surface area (Å²) in [5, 5.41) is 17.4. The van der Waals surface area contributed by atoms with Gasteiger partial charge >= 0.3 is 12.1 Å². The normalized spacial score (nSPS) is 19.2. The summed E-state index contributed by atoms with van der Waals surface area (Å²) < 4.78 is 61.8. The van der Waals surface area contributed by atoms with Crippen LogP contribution in [0.1, 0.15) is 29.8 Å². The SMILES string of the molecule is N[C@@H]1[C@H](Nc2ccc3ccc(C(=O)Nc4ccccc4Br)n3n2)CCCC1(F)F.O=C(O)C(F)(F)F. The highest BCUT2D eigenvalue weighted by atomic mass is 79.9. The quantitative estimate of drug-likeness (QED) is 0.327. The molecule has 8 nitrogen and oxygen atoms in total. The van der Waals surface area contributed by atoms with Crippen LogP contribution in [0.25, 0.3) is 5.52 Å². The fourth-order valence-corrected chi connectivity index (χ4v) is 3.92. The second-order valence-corrected chi connectivity index (χ2v) is 8.79. The van der Waals surface area contributed by atoms with Gasteiger partial charge in [-0.2, -0.15) is 13.2 Å². The van der Waals surface area contributed by atoms with Gasteiger partial charge in [0, 0.05) is 16.9 Å². The Balaban J connectivity index is 0.000000454. The summed E-state index contributed by atoms with van der Waals surface area (Å²) >= 11 is 3.40. The molecular weight excluding hydrogens is 557 g/mol. The molecule has 5 N–H and O–H groups in total. The molecule has 2 aromatic heterocycles. The number of nitrogens with two attached hydrogens (primary N) is 1. The number of carbonyl (C=O) groups is 2. The molecule has 1 aromatic carbocycles. The van der Waals surface area contributed by atoms with Crippen LogP contribution in [0, 0.1) is 0 Å². The van der Waals surface area contributed by atoms with Crippen LogP contribution in [0.4, 0.5) is 33.5 Å². The van der Waals surface area contributed by atoms with E-state index >= 15 is 0 Å². The summed E-state index contributed by atoms with van der Waals surface area (Å²) in [6.07, 6.45) is -4.35. The minimum atomic E-state index is -5.08. The molecule has 0 unspecified atom stereocenters. The highest BCUT2D eigenvalue weighted by Gasteiger charge is 2.44. The van der Waals surface area contributed by atoms with Crippen molar-refractivity contribution in [3.05, 3.63) is 58.7 Å². The number of carboxylic acids is 1. The van der Waals surface area contributed by atoms with E-state index in [9.17, 15) is 26.7 Å². The van der Waals surface area contributed by atoms with E-state index in [2.05, 4.69) is 31.7 Å². The van der Waals surface area contributed by atoms with Crippen molar-refractivity contribution >= 4 is 44.8 Å². The van der Waals surface area contributed by atoms with Crippen LogP contribution in [0.3, 0.4) is 0 Å². The van der Waals surface area contributed by atoms with E-state index < -0.39 is 30.2 Å². The van der Waals surface area contributed by atoms with Gasteiger partial charge in [0.2, 0.25) is 0 Å². The van der Waals surface area contributed by atoms with E-state index in [1.54, 1.807) is 30.3 Å². The van der Waals surface area contributed by atoms with Crippen molar-refractivity contribution in [3.8, 4) is 0 Å². The van der Waals surface area contributed by atoms with Crippen LogP contribution < -0.4 is 16.4 Å². The number of carbonyl (C=O) groups excluding carboxylic acids is 1. The van der Waals surface area contributed by atoms with Crippen molar-refractivity contribution in [3.63, 3.8) is 0 Å². The second kappa shape index (κ2) is 10.8. The molecule has 2 atom stereocenters. The molecular formula is C22H21BrF5N5O3. The van der Waals surface area contributed by atoms with Gasteiger partial charge in [-0.15, -0.1) is 5.10 Å². The van der Waals surface area contributed by atoms with Crippen molar-refractivity contribution in [2.24, 2.45) is 5.73 Å². The predicted octanol–water partition coefficient (Wildman–Crippen LogP) is 4.91. The number of aliphatic carboxylic acids is 1. The first kappa shape index (κ1) is 27.3. The van der Waals surface area contributed by atoms with Gasteiger partial charge in [-0.05, 0) is 65.2 Å². The molecule has 0 bridgehead atoms. The van der Waals surface area contributed by atoms with Gasteiger partial charge in [0.25, 0.3) is 11.8 Å². The zero-order chi connectivity index (χ0) is 26.7. The fourth-order valence-electron chi connectivity index (χ4n) is 3.54. The number of nitrogens with zero attached hydrogens (tertiary/aromatic N) is 2. The number of hydrogen-bond acceptors (Lipinski definition) is 5. The topological polar surface area (TPSA) is 122 Å². The van der Waals surface area contributed by atoms with E-state index in [1.165, 1.54) is 4.52 Å². The first-order valence-corrected chi connectivity index (χ1v) is 11.3. The van der Waals surface area contributed by atoms with Crippen LogP contribution in [0.5, 0.6) is 0 Å². The molecule has 0 spiro atoms. The van der Waals surface area contributed by atoms with E-state index in [0.29, 0.717) is 35.6 Å². The van der Waals surface area contributed by atoms with Crippen molar-refractivity contribution in [1.29, 1.82) is 0 Å². The summed E-state index contributed by atoms with van der Waals surface area (Å²) in [5.41, 5.74) is 7.44. The Hall–Kier alpha value is -3.26. The molecule has 4 rings (SSSR count). The molecule has 14 heteroatoms. The summed E-state index contributed by atoms with van der Waals surface area (Å²) in [6.45, 7) is 0. The number of hydrogen-bond donors (Lipinski definition) is 4. The van der Waals surface area contributed by atoms with Crippen molar-refractivity contribution in [2.75, 3.05) is 10.6 Å². The van der Waals surface area contributed by atoms with E-state index in [1.807, 2.05) is 18.2 Å². The van der Waals surface area contributed by atoms with Gasteiger partial charge in [0.15, 0.2) is 0 Å². The van der Waals surface area contributed by atoms with Crippen LogP contribution >= 0.6 is 15.9 Å². The number of alkyl halides is 5. The molecule has 2 heterocycles. The van der Waals surface area contributed by atoms with Crippen LogP contribution in [-0.2, 0) is 4.79 Å². The molecule has 0 saturated heterocycles. The average molecular weight is 578 g/mol. The molecule has 1 saturated carbocycles. The maximum atomic E-state index is 13.9. The molecule has 194 valence electrons. The molecule has 1 aliphatic carbocycles. The number of para-hydroxylation sites is 1. The predicted molar refractivity (Wildman–Crippen MR) is 125 cm³/mol. The van der Waals surface area contributed by atoms with Crippen LogP contribution in [-0.4, -0.2) is 50.8 Å². The minimum absolute atomic E-state index is 0.199. The van der Waals surface area contributed by atoms with Crippen LogP contribution in [0.2, 0.25) is 0 Å². The lowest BCUT2D eigenvalue weighted by molar-refractivity contribution is -0.192. The lowest BCUT2D eigenvalue weighted by Crippen LogP contribution is -2.55. The van der Waals surface area contributed by atoms with Gasteiger partial charge in [-0.3, -0.25) is 4.79 Å². The van der Waals surface area contributed by atoms with Gasteiger partial charge in [-0.1, -0.05) is 12.1 Å². The lowest BCUT2D eigenvalue weighted by atomic mass is 9.87. The lowest BCUT2D eigenvalue weighted by Gasteiger charge is -2.36. The number of carboxylic acid groups (broad SMARTS) is 1. The zero-order valence-electron chi connectivity index (χ0n) is 18.4. The summed E-state index contributed by atoms with van der Waals surface area (Å²) in [4.78, 5) is 21.6. The summed E-state index contributed by atoms with van der Waals surface area (Å²) in [5.74, 6) is -5.60. The van der Waals surface area contributed by atoms with E-state index in [0.717, 1.165) is 4.47 Å². The Labute approximate surface area is 209 Å². The number of fused-ring (bicyclic) bond motifs is 1. The monoisotopic (exact) mass is 577 g/mol. The number of rotatable bonds is 4. The molecule has 0 radical (unpaired) electrons. The Morgan fingerprint density at radius 2 is 1.78 bits per heavy atom. The molecule has 1 amide bonds. The number of anilines is 2. The van der Waals surface area contributed by atoms with E-state index in [-0.39, 0.29) is 12.3 Å². The standard InChI is InChI=1S/C20H20BrF2N5O.C2HF3O2/c21-13-4-1-2-5-14(13)26-19(29)16-9-7-12-8-10-17(27-28(12)16)25-15-6-3-11-20(22,23)18(15)24;3-2(4,5)1(6)7/h1-2,4-5,7-10,15,18H,3,6,11,24H2,(H,25,27)(H,26,29);(H,6,7)/t15-,18-;/m1./s1. The number of nitrogens with one attached hydrogen (secondary N) is 2. The zero-order valence-corrected chi connectivity index (χ0v) is 20.0. The maximum absolute atomic E-state index is 13.9. The number of halogens is 6. The third-order valence-electron chi connectivity index (χ3n) is 5.38. The van der Waals surface area contributed by atoms with Gasteiger partial charge in [0.1, 0.15) is 11.5 Å². The molecule has 1 aliphatic rings. The Morgan fingerprint density at radius 1 is 1.14 bits per heavy atom. The third-order valence-corrected chi connectivity index (χ3v) is 6.07. The smallest absolute Gasteiger partial charge is 0.475 e. The Morgan fingerprint density at radius 3 is 2.42 bits per heavy atom. The first-order chi connectivity index (χ1) is 16.8. The Kier molecular flexibility index (Phi) is 8.19. The fraction of sp³-hybridized carbons (Fsp3) is 0.318. The maximum Gasteiger partial charge on any atom is 0.490 e. The highest BCUT2D eigenvalue weighted by Crippen LogP contribution is 2.33. The van der Waals surface area contributed by atoms with Crippen molar-refractivity contribution < 1.29 is 36.6 Å². The van der Waals surface area contributed by atoms with Crippen molar-refractivity contribution in [2.45, 2.75) is 43.4 Å². The highest BCUT2D eigenvalue weighted by molar-refractivity contribution is 9.10. The summed E-state index contributed by atoms with van der Waals surface area (Å²) in [6, 6.07) is 12.3. The van der Waals surface area contributed by atoms with Gasteiger partial charge in [-0.25, -0.2) is 18.1 Å². The first-order valence-electron chi connectivity index (χ1n) is 10.5. The number of aromatic nitrogens is 2. The third kappa shape index (κ3) is 6.49. The molecule has 36 heavy (non-hydrogen) atoms. The second-order valence-electron chi connectivity index (χ2n) is 7.94. The van der Waals surface area contributed by atoms with Gasteiger partial charge in [0.05, 0.1) is 17.2 Å². The van der Waals surface area contributed by atoms with E-state index in [4.69, 9.17) is 15.6 Å². The largest absolute Gasteiger partial charge is 0.490 e. The van der Waals surface area contributed by atoms with Crippen molar-refractivity contribution in [1.82, 2.24) is 9.61 Å². The average Bonchev–Trinajstić information content (AvgIpc) is 3.22. The Bertz CT molecular complexity index is 1250. The van der Waals surface area contributed by atoms with Crippen LogP contribution in [0.15, 0.2) is 53.0 Å². The number of amides is 1. The minimum Gasteiger partial charge on any atom is -0.475 e. The molecule has 1 fully saturated rings. The molecule has 3 aromatic rings. The van der Waals surface area contributed by atoms with Gasteiger partial charge < -0.3 is 21.5 Å². The number of benzene rings is 1. The molecule has 0 aliphatic heterocycles. The summed E-state index contributed by atoms with van der Waals surface area (Å²) in [7, 11) is 0.